The van der Waals surface area contributed by atoms with Gasteiger partial charge in [-0.15, -0.1) is 0 Å². The molecule has 1 aliphatic heterocycles. The molecule has 9 atom stereocenters. The van der Waals surface area contributed by atoms with Gasteiger partial charge in [0.2, 0.25) is 0 Å². The predicted molar refractivity (Wildman–Crippen MR) is 202 cm³/mol. The van der Waals surface area contributed by atoms with Crippen LogP contribution < -0.4 is 0 Å². The minimum absolute atomic E-state index is 0.00691. The van der Waals surface area contributed by atoms with Crippen molar-refractivity contribution in [1.82, 2.24) is 4.90 Å². The number of fused-ring (bicyclic) bond motifs is 8. The van der Waals surface area contributed by atoms with Crippen molar-refractivity contribution in [3.8, 4) is 0 Å². The second-order valence-electron chi connectivity index (χ2n) is 20.5. The minimum atomic E-state index is -1.16. The first kappa shape index (κ1) is 37.8. The normalized spacial score (nSPS) is 38.9. The lowest BCUT2D eigenvalue weighted by atomic mass is 9.33. The number of nitrogens with zero attached hydrogens (tertiary/aromatic N) is 1. The molecule has 7 nitrogen and oxygen atoms in total. The van der Waals surface area contributed by atoms with Gasteiger partial charge in [0.15, 0.2) is 5.78 Å². The van der Waals surface area contributed by atoms with E-state index in [9.17, 15) is 24.6 Å². The van der Waals surface area contributed by atoms with Crippen LogP contribution in [0.4, 0.5) is 0 Å². The summed E-state index contributed by atoms with van der Waals surface area (Å²) >= 11 is 0. The summed E-state index contributed by atoms with van der Waals surface area (Å²) in [6, 6.07) is 8.60. The van der Waals surface area contributed by atoms with Gasteiger partial charge in [0.05, 0.1) is 17.9 Å². The zero-order chi connectivity index (χ0) is 37.8. The van der Waals surface area contributed by atoms with Gasteiger partial charge in [-0.1, -0.05) is 78.3 Å². The number of esters is 1. The Morgan fingerprint density at radius 3 is 2.17 bits per heavy atom. The third-order valence-corrected chi connectivity index (χ3v) is 16.8. The second kappa shape index (κ2) is 12.5. The summed E-state index contributed by atoms with van der Waals surface area (Å²) in [5.74, 6) is 0.161. The molecule has 7 heteroatoms. The lowest BCUT2D eigenvalue weighted by molar-refractivity contribution is -0.235. The molecule has 1 heterocycles. The van der Waals surface area contributed by atoms with Crippen molar-refractivity contribution >= 4 is 17.7 Å². The summed E-state index contributed by atoms with van der Waals surface area (Å²) in [6.45, 7) is 22.1. The van der Waals surface area contributed by atoms with E-state index in [0.717, 1.165) is 70.0 Å². The average molecular weight is 716 g/mol. The van der Waals surface area contributed by atoms with Crippen molar-refractivity contribution in [2.24, 2.45) is 56.2 Å². The Labute approximate surface area is 312 Å². The zero-order valence-corrected chi connectivity index (χ0v) is 33.4. The first-order valence-electron chi connectivity index (χ1n) is 20.4. The molecule has 0 spiro atoms. The van der Waals surface area contributed by atoms with E-state index in [1.165, 1.54) is 16.7 Å². The van der Waals surface area contributed by atoms with Crippen molar-refractivity contribution in [2.75, 3.05) is 6.54 Å². The van der Waals surface area contributed by atoms with Crippen LogP contribution in [0.15, 0.2) is 35.4 Å². The Morgan fingerprint density at radius 2 is 1.56 bits per heavy atom. The fraction of sp³-hybridized carbons (Fsp3) is 0.756. The molecule has 1 aromatic rings. The van der Waals surface area contributed by atoms with Gasteiger partial charge >= 0.3 is 11.9 Å². The first-order chi connectivity index (χ1) is 24.2. The number of hydrogen-bond acceptors (Lipinski definition) is 6. The number of carbonyl (C=O) groups excluding carboxylic acids is 2. The number of aliphatic hydroxyl groups is 1. The van der Waals surface area contributed by atoms with E-state index < -0.39 is 28.9 Å². The zero-order valence-electron chi connectivity index (χ0n) is 33.4. The SMILES string of the molecule is CC(C)C1=C2[C@H]3CC[C@@H]4[C@@]5(C)CC[C@H](OC(=O)CC(C)(C)C(=O)O)C(C)(C)[C@@H]5CC[C@@]4(C)[C@]3(C)CC[C@@]2([C@H](O)CN2Cc3ccccc3C2)CC1=O. The number of allylic oxidation sites excluding steroid dienone is 1. The molecule has 7 rings (SSSR count). The van der Waals surface area contributed by atoms with Crippen molar-refractivity contribution in [1.29, 1.82) is 0 Å². The molecule has 0 amide bonds. The lowest BCUT2D eigenvalue weighted by Crippen LogP contribution is -2.66. The van der Waals surface area contributed by atoms with E-state index in [1.807, 2.05) is 0 Å². The number of Topliss-reactive ketones (excluding diaryl/α,β-unsaturated/α-hetero) is 1. The Hall–Kier alpha value is -2.51. The topological polar surface area (TPSA) is 104 Å². The highest BCUT2D eigenvalue weighted by Crippen LogP contribution is 2.77. The Morgan fingerprint density at radius 1 is 0.904 bits per heavy atom. The van der Waals surface area contributed by atoms with Crippen LogP contribution in [0.3, 0.4) is 0 Å². The number of carboxylic acids is 1. The van der Waals surface area contributed by atoms with Gasteiger partial charge in [0.1, 0.15) is 6.10 Å². The molecule has 0 bridgehead atoms. The largest absolute Gasteiger partial charge is 0.481 e. The van der Waals surface area contributed by atoms with Crippen LogP contribution in [-0.4, -0.2) is 51.6 Å². The summed E-state index contributed by atoms with van der Waals surface area (Å²) in [6.07, 6.45) is 7.47. The highest BCUT2D eigenvalue weighted by Gasteiger charge is 2.71. The van der Waals surface area contributed by atoms with Crippen LogP contribution in [0, 0.1) is 56.2 Å². The number of aliphatic hydroxyl groups excluding tert-OH is 1. The molecule has 4 saturated carbocycles. The van der Waals surface area contributed by atoms with Gasteiger partial charge < -0.3 is 14.9 Å². The number of ketones is 1. The highest BCUT2D eigenvalue weighted by molar-refractivity contribution is 6.00. The smallest absolute Gasteiger partial charge is 0.309 e. The summed E-state index contributed by atoms with van der Waals surface area (Å²) in [5, 5.41) is 22.0. The number of hydrogen-bond donors (Lipinski definition) is 2. The first-order valence-corrected chi connectivity index (χ1v) is 20.4. The van der Waals surface area contributed by atoms with Crippen LogP contribution in [0.5, 0.6) is 0 Å². The predicted octanol–water partition coefficient (Wildman–Crippen LogP) is 8.76. The summed E-state index contributed by atoms with van der Waals surface area (Å²) in [5.41, 5.74) is 3.32. The second-order valence-corrected chi connectivity index (χ2v) is 20.5. The van der Waals surface area contributed by atoms with Crippen molar-refractivity contribution in [3.05, 3.63) is 46.5 Å². The Balaban J connectivity index is 1.16. The van der Waals surface area contributed by atoms with Gasteiger partial charge in [-0.25, -0.2) is 0 Å². The van der Waals surface area contributed by atoms with Crippen LogP contribution in [0.2, 0.25) is 0 Å². The standard InChI is InChI=1S/C45H65NO6/c1-27(2)37-31(47)22-45(34(48)26-46-24-28-12-10-11-13-29(28)25-46)21-20-43(8)30(38(37)45)14-15-33-42(7)18-17-35(52-36(49)23-40(3,4)39(50)51)41(5,6)32(42)16-19-44(33,43)9/h10-13,27,30,32-35,48H,14-26H2,1-9H3,(H,50,51)/t30-,32+,33-,34-,35+,42+,43-,44-,45+/m1/s1. The molecule has 2 N–H and O–H groups in total. The minimum Gasteiger partial charge on any atom is -0.481 e. The van der Waals surface area contributed by atoms with Gasteiger partial charge in [-0.2, -0.15) is 0 Å². The van der Waals surface area contributed by atoms with Crippen LogP contribution in [-0.2, 0) is 32.2 Å². The monoisotopic (exact) mass is 715 g/mol. The molecule has 0 saturated heterocycles. The van der Waals surface area contributed by atoms with E-state index in [2.05, 4.69) is 77.6 Å². The fourth-order valence-electron chi connectivity index (χ4n) is 13.9. The number of ether oxygens (including phenoxy) is 1. The van der Waals surface area contributed by atoms with E-state index in [0.29, 0.717) is 24.8 Å². The quantitative estimate of drug-likeness (QED) is 0.260. The number of rotatable bonds is 8. The third kappa shape index (κ3) is 5.43. The summed E-state index contributed by atoms with van der Waals surface area (Å²) in [7, 11) is 0. The number of carbonyl (C=O) groups is 3. The Bertz CT molecular complexity index is 1650. The van der Waals surface area contributed by atoms with Gasteiger partial charge in [0.25, 0.3) is 0 Å². The molecule has 0 radical (unpaired) electrons. The van der Waals surface area contributed by atoms with Crippen LogP contribution in [0.1, 0.15) is 138 Å². The molecular weight excluding hydrogens is 650 g/mol. The molecule has 5 aliphatic carbocycles. The summed E-state index contributed by atoms with van der Waals surface area (Å²) in [4.78, 5) is 41.4. The molecular formula is C45H65NO6. The van der Waals surface area contributed by atoms with Crippen molar-refractivity contribution in [3.63, 3.8) is 0 Å². The molecule has 6 aliphatic rings. The maximum Gasteiger partial charge on any atom is 0.309 e. The number of carboxylic acid groups (broad SMARTS) is 1. The third-order valence-electron chi connectivity index (χ3n) is 16.8. The molecule has 52 heavy (non-hydrogen) atoms. The van der Waals surface area contributed by atoms with Gasteiger partial charge in [-0.05, 0) is 122 Å². The van der Waals surface area contributed by atoms with Gasteiger partial charge in [0, 0.05) is 36.9 Å². The van der Waals surface area contributed by atoms with E-state index >= 15 is 0 Å². The molecule has 0 unspecified atom stereocenters. The number of benzene rings is 1. The van der Waals surface area contributed by atoms with E-state index in [1.54, 1.807) is 13.8 Å². The molecule has 0 aromatic heterocycles. The van der Waals surface area contributed by atoms with E-state index in [-0.39, 0.29) is 51.8 Å². The van der Waals surface area contributed by atoms with Crippen LogP contribution in [0.25, 0.3) is 0 Å². The Kier molecular flexibility index (Phi) is 9.09. The molecule has 4 fully saturated rings. The van der Waals surface area contributed by atoms with Crippen molar-refractivity contribution in [2.45, 2.75) is 152 Å². The average Bonchev–Trinajstić information content (AvgIpc) is 3.60. The molecule has 286 valence electrons. The van der Waals surface area contributed by atoms with Crippen molar-refractivity contribution < 1.29 is 29.3 Å². The maximum atomic E-state index is 14.1. The van der Waals surface area contributed by atoms with E-state index in [4.69, 9.17) is 4.74 Å². The highest BCUT2D eigenvalue weighted by atomic mass is 16.5. The lowest BCUT2D eigenvalue weighted by Gasteiger charge is -2.72. The summed E-state index contributed by atoms with van der Waals surface area (Å²) < 4.78 is 6.18. The molecule has 1 aromatic carbocycles. The fourth-order valence-corrected chi connectivity index (χ4v) is 13.9. The number of aliphatic carboxylic acids is 1. The van der Waals surface area contributed by atoms with Gasteiger partial charge in [-0.3, -0.25) is 19.3 Å². The van der Waals surface area contributed by atoms with Crippen LogP contribution >= 0.6 is 0 Å². The number of β-amino-alcohol motifs (C(OH)–C–C–N with tert-alkyl or cyclic N) is 1. The maximum absolute atomic E-state index is 14.1.